The van der Waals surface area contributed by atoms with Gasteiger partial charge in [0.05, 0.1) is 0 Å². The van der Waals surface area contributed by atoms with Crippen LogP contribution >= 0.6 is 12.2 Å². The van der Waals surface area contributed by atoms with Gasteiger partial charge in [-0.15, -0.1) is 0 Å². The first-order valence-electron chi connectivity index (χ1n) is 7.29. The SMILES string of the molecule is CC(C)CC(=O)Nc1ccc(NC(=S)NC(=O)C(C)C)cc1. The standard InChI is InChI=1S/C16H23N3O2S/c1-10(2)9-14(20)17-12-5-7-13(8-6-12)18-16(22)19-15(21)11(3)4/h5-8,10-11H,9H2,1-4H3,(H,17,20)(H2,18,19,21,22). The highest BCUT2D eigenvalue weighted by molar-refractivity contribution is 7.80. The Morgan fingerprint density at radius 3 is 1.95 bits per heavy atom. The first-order chi connectivity index (χ1) is 10.3. The van der Waals surface area contributed by atoms with E-state index in [-0.39, 0.29) is 22.8 Å². The molecule has 5 nitrogen and oxygen atoms in total. The van der Waals surface area contributed by atoms with E-state index in [4.69, 9.17) is 12.2 Å². The molecule has 0 saturated carbocycles. The number of benzene rings is 1. The summed E-state index contributed by atoms with van der Waals surface area (Å²) in [7, 11) is 0. The van der Waals surface area contributed by atoms with Crippen molar-refractivity contribution in [3.05, 3.63) is 24.3 Å². The quantitative estimate of drug-likeness (QED) is 0.729. The van der Waals surface area contributed by atoms with Crippen LogP contribution in [0.2, 0.25) is 0 Å². The van der Waals surface area contributed by atoms with Crippen molar-refractivity contribution >= 4 is 40.5 Å². The van der Waals surface area contributed by atoms with Crippen molar-refractivity contribution < 1.29 is 9.59 Å². The summed E-state index contributed by atoms with van der Waals surface area (Å²) < 4.78 is 0. The summed E-state index contributed by atoms with van der Waals surface area (Å²) >= 11 is 5.07. The van der Waals surface area contributed by atoms with Crippen LogP contribution in [0, 0.1) is 11.8 Å². The van der Waals surface area contributed by atoms with Crippen LogP contribution in [0.25, 0.3) is 0 Å². The van der Waals surface area contributed by atoms with Gasteiger partial charge < -0.3 is 16.0 Å². The number of amides is 2. The molecule has 0 heterocycles. The highest BCUT2D eigenvalue weighted by atomic mass is 32.1. The number of carbonyl (C=O) groups is 2. The summed E-state index contributed by atoms with van der Waals surface area (Å²) in [5, 5.41) is 8.63. The smallest absolute Gasteiger partial charge is 0.228 e. The molecular weight excluding hydrogens is 298 g/mol. The molecule has 0 fully saturated rings. The number of rotatable bonds is 5. The second kappa shape index (κ2) is 8.48. The molecule has 22 heavy (non-hydrogen) atoms. The summed E-state index contributed by atoms with van der Waals surface area (Å²) in [5.74, 6) is 0.0617. The number of carbonyl (C=O) groups excluding carboxylic acids is 2. The third-order valence-corrected chi connectivity index (χ3v) is 2.99. The van der Waals surface area contributed by atoms with E-state index in [1.807, 2.05) is 13.8 Å². The Balaban J connectivity index is 2.53. The minimum Gasteiger partial charge on any atom is -0.332 e. The van der Waals surface area contributed by atoms with Crippen LogP contribution in [0.3, 0.4) is 0 Å². The molecule has 0 unspecified atom stereocenters. The van der Waals surface area contributed by atoms with E-state index in [0.717, 1.165) is 11.4 Å². The Bertz CT molecular complexity index is 539. The lowest BCUT2D eigenvalue weighted by Gasteiger charge is -2.12. The van der Waals surface area contributed by atoms with Gasteiger partial charge in [-0.05, 0) is 42.4 Å². The van der Waals surface area contributed by atoms with Crippen LogP contribution in [0.4, 0.5) is 11.4 Å². The molecule has 1 aromatic rings. The lowest BCUT2D eigenvalue weighted by atomic mass is 10.1. The maximum Gasteiger partial charge on any atom is 0.228 e. The fraction of sp³-hybridized carbons (Fsp3) is 0.438. The maximum absolute atomic E-state index is 11.7. The van der Waals surface area contributed by atoms with Crippen LogP contribution in [0.15, 0.2) is 24.3 Å². The average molecular weight is 321 g/mol. The van der Waals surface area contributed by atoms with Gasteiger partial charge in [-0.2, -0.15) is 0 Å². The van der Waals surface area contributed by atoms with Crippen LogP contribution < -0.4 is 16.0 Å². The van der Waals surface area contributed by atoms with Crippen molar-refractivity contribution in [1.29, 1.82) is 0 Å². The van der Waals surface area contributed by atoms with Crippen molar-refractivity contribution in [3.63, 3.8) is 0 Å². The van der Waals surface area contributed by atoms with Crippen LogP contribution in [0.5, 0.6) is 0 Å². The first kappa shape index (κ1) is 18.1. The van der Waals surface area contributed by atoms with Gasteiger partial charge in [0.1, 0.15) is 0 Å². The van der Waals surface area contributed by atoms with Gasteiger partial charge in [-0.3, -0.25) is 9.59 Å². The Hall–Kier alpha value is -1.95. The van der Waals surface area contributed by atoms with Crippen molar-refractivity contribution in [2.45, 2.75) is 34.1 Å². The zero-order valence-corrected chi connectivity index (χ0v) is 14.2. The van der Waals surface area contributed by atoms with Gasteiger partial charge in [0, 0.05) is 23.7 Å². The maximum atomic E-state index is 11.7. The molecule has 1 rings (SSSR count). The average Bonchev–Trinajstić information content (AvgIpc) is 2.39. The summed E-state index contributed by atoms with van der Waals surface area (Å²) in [5.41, 5.74) is 1.48. The number of hydrogen-bond acceptors (Lipinski definition) is 3. The Labute approximate surface area is 136 Å². The molecule has 0 spiro atoms. The van der Waals surface area contributed by atoms with Gasteiger partial charge in [-0.25, -0.2) is 0 Å². The summed E-state index contributed by atoms with van der Waals surface area (Å²) in [6, 6.07) is 7.15. The predicted molar refractivity (Wildman–Crippen MR) is 93.7 cm³/mol. The van der Waals surface area contributed by atoms with E-state index in [9.17, 15) is 9.59 Å². The van der Waals surface area contributed by atoms with E-state index in [2.05, 4.69) is 16.0 Å². The first-order valence-corrected chi connectivity index (χ1v) is 7.70. The molecule has 0 aromatic heterocycles. The Morgan fingerprint density at radius 2 is 1.50 bits per heavy atom. The molecule has 0 aliphatic carbocycles. The number of anilines is 2. The Morgan fingerprint density at radius 1 is 1.00 bits per heavy atom. The molecule has 0 bridgehead atoms. The highest BCUT2D eigenvalue weighted by Crippen LogP contribution is 2.14. The van der Waals surface area contributed by atoms with Crippen LogP contribution in [-0.2, 0) is 9.59 Å². The fourth-order valence-corrected chi connectivity index (χ4v) is 1.86. The van der Waals surface area contributed by atoms with E-state index in [0.29, 0.717) is 12.3 Å². The minimum absolute atomic E-state index is 0.00423. The number of thiocarbonyl (C=S) groups is 1. The summed E-state index contributed by atoms with van der Waals surface area (Å²) in [6.45, 7) is 7.59. The van der Waals surface area contributed by atoms with Gasteiger partial charge in [0.25, 0.3) is 0 Å². The second-order valence-corrected chi connectivity index (χ2v) is 6.23. The van der Waals surface area contributed by atoms with E-state index in [1.54, 1.807) is 38.1 Å². The molecule has 6 heteroatoms. The van der Waals surface area contributed by atoms with Crippen LogP contribution in [0.1, 0.15) is 34.1 Å². The molecule has 0 aliphatic rings. The van der Waals surface area contributed by atoms with Gasteiger partial charge in [0.15, 0.2) is 5.11 Å². The molecular formula is C16H23N3O2S. The zero-order chi connectivity index (χ0) is 16.7. The molecule has 0 atom stereocenters. The molecule has 1 aromatic carbocycles. The Kier molecular flexibility index (Phi) is 6.98. The van der Waals surface area contributed by atoms with Gasteiger partial charge in [-0.1, -0.05) is 27.7 Å². The van der Waals surface area contributed by atoms with E-state index >= 15 is 0 Å². The molecule has 0 radical (unpaired) electrons. The van der Waals surface area contributed by atoms with Gasteiger partial charge >= 0.3 is 0 Å². The molecule has 2 amide bonds. The largest absolute Gasteiger partial charge is 0.332 e. The molecule has 3 N–H and O–H groups in total. The topological polar surface area (TPSA) is 70.2 Å². The summed E-state index contributed by atoms with van der Waals surface area (Å²) in [4.78, 5) is 23.2. The van der Waals surface area contributed by atoms with Crippen molar-refractivity contribution in [3.8, 4) is 0 Å². The van der Waals surface area contributed by atoms with Crippen molar-refractivity contribution in [1.82, 2.24) is 5.32 Å². The lowest BCUT2D eigenvalue weighted by Crippen LogP contribution is -2.36. The molecule has 120 valence electrons. The van der Waals surface area contributed by atoms with Gasteiger partial charge in [0.2, 0.25) is 11.8 Å². The predicted octanol–water partition coefficient (Wildman–Crippen LogP) is 3.14. The van der Waals surface area contributed by atoms with E-state index < -0.39 is 0 Å². The highest BCUT2D eigenvalue weighted by Gasteiger charge is 2.09. The van der Waals surface area contributed by atoms with Crippen molar-refractivity contribution in [2.75, 3.05) is 10.6 Å². The number of hydrogen-bond donors (Lipinski definition) is 3. The monoisotopic (exact) mass is 321 g/mol. The molecule has 0 saturated heterocycles. The third kappa shape index (κ3) is 6.67. The number of nitrogens with one attached hydrogen (secondary N) is 3. The van der Waals surface area contributed by atoms with Crippen molar-refractivity contribution in [2.24, 2.45) is 11.8 Å². The lowest BCUT2D eigenvalue weighted by molar-refractivity contribution is -0.122. The fourth-order valence-electron chi connectivity index (χ4n) is 1.64. The summed E-state index contributed by atoms with van der Waals surface area (Å²) in [6.07, 6.45) is 0.491. The third-order valence-electron chi connectivity index (χ3n) is 2.78. The zero-order valence-electron chi connectivity index (χ0n) is 13.4. The minimum atomic E-state index is -0.130. The molecule has 0 aliphatic heterocycles. The normalized spacial score (nSPS) is 10.5. The van der Waals surface area contributed by atoms with Crippen LogP contribution in [-0.4, -0.2) is 16.9 Å². The second-order valence-electron chi connectivity index (χ2n) is 5.82. The van der Waals surface area contributed by atoms with E-state index in [1.165, 1.54) is 0 Å².